The molecule has 2 aromatic rings. The second kappa shape index (κ2) is 11.1. The summed E-state index contributed by atoms with van der Waals surface area (Å²) in [7, 11) is -1.92. The Morgan fingerprint density at radius 2 is 1.74 bits per heavy atom. The normalized spacial score (nSPS) is 16.7. The van der Waals surface area contributed by atoms with Gasteiger partial charge in [0.05, 0.1) is 11.8 Å². The Morgan fingerprint density at radius 1 is 1.10 bits per heavy atom. The second-order valence-corrected chi connectivity index (χ2v) is 16.0. The number of para-hydroxylation sites is 1. The third kappa shape index (κ3) is 6.88. The van der Waals surface area contributed by atoms with Crippen molar-refractivity contribution in [1.82, 2.24) is 20.2 Å². The number of aliphatic hydroxyl groups is 1. The zero-order chi connectivity index (χ0) is 23.2. The van der Waals surface area contributed by atoms with Crippen molar-refractivity contribution < 1.29 is 9.53 Å². The van der Waals surface area contributed by atoms with Gasteiger partial charge in [0.25, 0.3) is 0 Å². The Balaban J connectivity index is 2.00. The molecule has 2 rings (SSSR count). The first-order chi connectivity index (χ1) is 14.5. The average molecular weight is 465 g/mol. The van der Waals surface area contributed by atoms with Gasteiger partial charge in [0.2, 0.25) is 5.16 Å². The van der Waals surface area contributed by atoms with Gasteiger partial charge in [-0.1, -0.05) is 71.5 Å². The number of nitrogens with zero attached hydrogens (tertiary/aromatic N) is 4. The van der Waals surface area contributed by atoms with E-state index in [0.29, 0.717) is 11.8 Å². The lowest BCUT2D eigenvalue weighted by atomic mass is 9.83. The molecule has 6 nitrogen and oxygen atoms in total. The molecule has 0 radical (unpaired) electrons. The molecule has 0 amide bonds. The first-order valence-corrected chi connectivity index (χ1v) is 15.1. The summed E-state index contributed by atoms with van der Waals surface area (Å²) in [6, 6.07) is 9.97. The van der Waals surface area contributed by atoms with E-state index in [9.17, 15) is 5.11 Å². The second-order valence-electron chi connectivity index (χ2n) is 10.2. The molecule has 4 atom stereocenters. The number of aromatic nitrogens is 4. The summed E-state index contributed by atoms with van der Waals surface area (Å²) in [5, 5.41) is 23.0. The van der Waals surface area contributed by atoms with Crippen molar-refractivity contribution in [3.05, 3.63) is 30.3 Å². The van der Waals surface area contributed by atoms with Crippen molar-refractivity contribution in [2.45, 2.75) is 77.4 Å². The summed E-state index contributed by atoms with van der Waals surface area (Å²) in [6.45, 7) is 18.2. The van der Waals surface area contributed by atoms with Crippen LogP contribution in [0.5, 0.6) is 0 Å². The predicted molar refractivity (Wildman–Crippen MR) is 131 cm³/mol. The van der Waals surface area contributed by atoms with Crippen molar-refractivity contribution in [2.75, 3.05) is 12.4 Å². The number of rotatable bonds is 11. The van der Waals surface area contributed by atoms with Crippen LogP contribution < -0.4 is 0 Å². The van der Waals surface area contributed by atoms with Crippen LogP contribution in [0.2, 0.25) is 18.1 Å². The fourth-order valence-electron chi connectivity index (χ4n) is 3.29. The van der Waals surface area contributed by atoms with Gasteiger partial charge in [-0.05, 0) is 58.9 Å². The summed E-state index contributed by atoms with van der Waals surface area (Å²) in [5.41, 5.74) is 0.969. The van der Waals surface area contributed by atoms with E-state index in [1.165, 1.54) is 0 Å². The number of thioether (sulfide) groups is 1. The fourth-order valence-corrected chi connectivity index (χ4v) is 5.80. The zero-order valence-electron chi connectivity index (χ0n) is 20.4. The van der Waals surface area contributed by atoms with Crippen molar-refractivity contribution in [2.24, 2.45) is 17.8 Å². The molecule has 0 bridgehead atoms. The maximum atomic E-state index is 9.88. The van der Waals surface area contributed by atoms with Crippen molar-refractivity contribution in [3.63, 3.8) is 0 Å². The van der Waals surface area contributed by atoms with Crippen molar-refractivity contribution >= 4 is 20.1 Å². The summed E-state index contributed by atoms with van der Waals surface area (Å²) in [5.74, 6) is 1.85. The van der Waals surface area contributed by atoms with E-state index >= 15 is 0 Å². The van der Waals surface area contributed by atoms with Gasteiger partial charge in [0.1, 0.15) is 0 Å². The average Bonchev–Trinajstić information content (AvgIpc) is 3.19. The molecule has 1 aromatic heterocycles. The van der Waals surface area contributed by atoms with Crippen LogP contribution in [0.4, 0.5) is 0 Å². The smallest absolute Gasteiger partial charge is 0.214 e. The molecule has 31 heavy (non-hydrogen) atoms. The molecule has 0 unspecified atom stereocenters. The molecular formula is C23H40N4O2SSi. The van der Waals surface area contributed by atoms with Gasteiger partial charge in [0.15, 0.2) is 8.32 Å². The third-order valence-corrected chi connectivity index (χ3v) is 12.2. The first-order valence-electron chi connectivity index (χ1n) is 11.2. The van der Waals surface area contributed by atoms with E-state index < -0.39 is 8.32 Å². The van der Waals surface area contributed by atoms with Gasteiger partial charge in [-0.3, -0.25) is 0 Å². The molecule has 1 aromatic carbocycles. The van der Waals surface area contributed by atoms with Gasteiger partial charge in [0, 0.05) is 18.3 Å². The fraction of sp³-hybridized carbons (Fsp3) is 0.696. The van der Waals surface area contributed by atoms with Crippen LogP contribution in [0.3, 0.4) is 0 Å². The Kier molecular flexibility index (Phi) is 9.30. The minimum Gasteiger partial charge on any atom is -0.413 e. The van der Waals surface area contributed by atoms with Crippen LogP contribution in [-0.4, -0.2) is 52.1 Å². The lowest BCUT2D eigenvalue weighted by Crippen LogP contribution is -2.48. The van der Waals surface area contributed by atoms with Crippen LogP contribution in [0.25, 0.3) is 5.69 Å². The standard InChI is InChI=1S/C23H40N4O2SSi/c1-17(19(3)21(18(2)16-28)29-31(7,8)23(4,5)6)14-15-30-22-24-25-26-27(22)20-12-10-9-11-13-20/h9-13,17-19,21,28H,14-16H2,1-8H3/t17-,18-,19+,21-/m0/s1. The highest BCUT2D eigenvalue weighted by Gasteiger charge is 2.42. The lowest BCUT2D eigenvalue weighted by molar-refractivity contribution is 0.0267. The highest BCUT2D eigenvalue weighted by Crippen LogP contribution is 2.40. The van der Waals surface area contributed by atoms with Crippen LogP contribution in [-0.2, 0) is 4.43 Å². The molecule has 8 heteroatoms. The molecule has 1 N–H and O–H groups in total. The molecule has 174 valence electrons. The van der Waals surface area contributed by atoms with Crippen LogP contribution in [0.15, 0.2) is 35.5 Å². The van der Waals surface area contributed by atoms with Gasteiger partial charge in [-0.2, -0.15) is 4.68 Å². The van der Waals surface area contributed by atoms with Crippen LogP contribution in [0.1, 0.15) is 48.0 Å². The topological polar surface area (TPSA) is 73.1 Å². The van der Waals surface area contributed by atoms with Gasteiger partial charge in [-0.25, -0.2) is 0 Å². The summed E-state index contributed by atoms with van der Waals surface area (Å²) in [6.07, 6.45) is 1.09. The monoisotopic (exact) mass is 464 g/mol. The Hall–Kier alpha value is -1.22. The minimum atomic E-state index is -1.92. The number of tetrazole rings is 1. The predicted octanol–water partition coefficient (Wildman–Crippen LogP) is 5.44. The third-order valence-electron chi connectivity index (χ3n) is 6.75. The quantitative estimate of drug-likeness (QED) is 0.353. The van der Waals surface area contributed by atoms with Crippen molar-refractivity contribution in [1.29, 1.82) is 0 Å². The molecule has 0 aliphatic carbocycles. The highest BCUT2D eigenvalue weighted by molar-refractivity contribution is 7.99. The van der Waals surface area contributed by atoms with E-state index in [4.69, 9.17) is 4.43 Å². The van der Waals surface area contributed by atoms with E-state index in [1.807, 2.05) is 30.3 Å². The molecule has 0 aliphatic heterocycles. The highest BCUT2D eigenvalue weighted by atomic mass is 32.2. The number of aliphatic hydroxyl groups excluding tert-OH is 1. The largest absolute Gasteiger partial charge is 0.413 e. The molecule has 1 heterocycles. The zero-order valence-corrected chi connectivity index (χ0v) is 22.2. The molecule has 0 saturated carbocycles. The van der Waals surface area contributed by atoms with Crippen LogP contribution >= 0.6 is 11.8 Å². The van der Waals surface area contributed by atoms with Crippen molar-refractivity contribution in [3.8, 4) is 5.69 Å². The van der Waals surface area contributed by atoms with Gasteiger partial charge in [-0.15, -0.1) is 5.10 Å². The lowest BCUT2D eigenvalue weighted by Gasteiger charge is -2.43. The minimum absolute atomic E-state index is 0.0560. The van der Waals surface area contributed by atoms with E-state index in [-0.39, 0.29) is 23.7 Å². The first kappa shape index (κ1) is 26.0. The molecule has 0 spiro atoms. The van der Waals surface area contributed by atoms with E-state index in [0.717, 1.165) is 23.0 Å². The molecule has 0 aliphatic rings. The van der Waals surface area contributed by atoms with Crippen LogP contribution in [0, 0.1) is 17.8 Å². The number of hydrogen-bond donors (Lipinski definition) is 1. The van der Waals surface area contributed by atoms with E-state index in [2.05, 4.69) is 70.2 Å². The summed E-state index contributed by atoms with van der Waals surface area (Å²) >= 11 is 1.68. The Bertz CT molecular complexity index is 794. The summed E-state index contributed by atoms with van der Waals surface area (Å²) < 4.78 is 8.59. The van der Waals surface area contributed by atoms with Gasteiger partial charge >= 0.3 is 0 Å². The molecular weight excluding hydrogens is 424 g/mol. The number of benzene rings is 1. The number of hydrogen-bond acceptors (Lipinski definition) is 6. The molecule has 0 saturated heterocycles. The molecule has 0 fully saturated rings. The Labute approximate surface area is 193 Å². The van der Waals surface area contributed by atoms with Gasteiger partial charge < -0.3 is 9.53 Å². The summed E-state index contributed by atoms with van der Waals surface area (Å²) in [4.78, 5) is 0. The Morgan fingerprint density at radius 3 is 2.32 bits per heavy atom. The maximum Gasteiger partial charge on any atom is 0.214 e. The maximum absolute atomic E-state index is 9.88. The SMILES string of the molecule is C[C@@H]([C@@H](O[Si](C)(C)C(C)(C)C)[C@@H](C)CO)[C@@H](C)CCSc1nnnn1-c1ccccc1. The van der Waals surface area contributed by atoms with E-state index in [1.54, 1.807) is 16.4 Å².